The summed E-state index contributed by atoms with van der Waals surface area (Å²) < 4.78 is 11.5. The lowest BCUT2D eigenvalue weighted by Gasteiger charge is -2.58. The molecule has 0 aliphatic heterocycles. The molecule has 0 bridgehead atoms. The monoisotopic (exact) mass is 388 g/mol. The summed E-state index contributed by atoms with van der Waals surface area (Å²) >= 11 is 0. The third-order valence-electron chi connectivity index (χ3n) is 8.97. The highest BCUT2D eigenvalue weighted by Crippen LogP contribution is 2.66. The predicted octanol–water partition coefficient (Wildman–Crippen LogP) is 5.20. The van der Waals surface area contributed by atoms with E-state index in [0.29, 0.717) is 17.8 Å². The number of ether oxygens (including phenoxy) is 2. The van der Waals surface area contributed by atoms with E-state index < -0.39 is 0 Å². The van der Waals surface area contributed by atoms with Crippen molar-refractivity contribution < 1.29 is 19.1 Å². The molecule has 7 atom stereocenters. The van der Waals surface area contributed by atoms with Crippen LogP contribution in [-0.4, -0.2) is 23.6 Å². The van der Waals surface area contributed by atoms with Gasteiger partial charge in [-0.1, -0.05) is 25.5 Å². The molecule has 0 unspecified atom stereocenters. The third-order valence-corrected chi connectivity index (χ3v) is 8.97. The highest BCUT2D eigenvalue weighted by molar-refractivity contribution is 5.66. The minimum atomic E-state index is -0.346. The maximum absolute atomic E-state index is 11.6. The lowest BCUT2D eigenvalue weighted by Crippen LogP contribution is -2.53. The fraction of sp³-hybridized carbons (Fsp3) is 0.833. The normalized spacial score (nSPS) is 47.2. The Kier molecular flexibility index (Phi) is 4.71. The Morgan fingerprint density at radius 3 is 2.39 bits per heavy atom. The van der Waals surface area contributed by atoms with Crippen LogP contribution < -0.4 is 0 Å². The standard InChI is InChI=1S/C24H36O4/c1-15(25)27-21-9-8-19-18-7-6-17-14-22(3,28-16(2)26)12-13-23(17,4)20(18)10-11-24(19,21)5/h6,18-21H,7-14H2,1-5H3/t18-,19-,20+,21-,22+,23+,24+/m1/s1. The molecule has 0 aromatic carbocycles. The van der Waals surface area contributed by atoms with Gasteiger partial charge in [0.15, 0.2) is 0 Å². The quantitative estimate of drug-likeness (QED) is 0.482. The minimum Gasteiger partial charge on any atom is -0.462 e. The summed E-state index contributed by atoms with van der Waals surface area (Å²) in [6, 6.07) is 0. The van der Waals surface area contributed by atoms with Crippen LogP contribution in [0.4, 0.5) is 0 Å². The molecule has 4 heteroatoms. The first kappa shape index (κ1) is 20.0. The van der Waals surface area contributed by atoms with Gasteiger partial charge in [0.2, 0.25) is 0 Å². The predicted molar refractivity (Wildman–Crippen MR) is 107 cm³/mol. The van der Waals surface area contributed by atoms with Gasteiger partial charge in [-0.3, -0.25) is 9.59 Å². The zero-order valence-corrected chi connectivity index (χ0v) is 18.2. The van der Waals surface area contributed by atoms with Gasteiger partial charge in [-0.25, -0.2) is 0 Å². The van der Waals surface area contributed by atoms with Crippen molar-refractivity contribution in [1.82, 2.24) is 0 Å². The highest BCUT2D eigenvalue weighted by atomic mass is 16.6. The Morgan fingerprint density at radius 1 is 0.964 bits per heavy atom. The van der Waals surface area contributed by atoms with E-state index in [1.807, 2.05) is 0 Å². The summed E-state index contributed by atoms with van der Waals surface area (Å²) in [5.41, 5.74) is 1.53. The molecular formula is C24H36O4. The molecular weight excluding hydrogens is 352 g/mol. The number of carbonyl (C=O) groups is 2. The van der Waals surface area contributed by atoms with E-state index >= 15 is 0 Å². The number of esters is 2. The van der Waals surface area contributed by atoms with Crippen LogP contribution in [0, 0.1) is 28.6 Å². The van der Waals surface area contributed by atoms with Crippen LogP contribution in [0.1, 0.15) is 86.0 Å². The second-order valence-electron chi connectivity index (χ2n) is 10.7. The number of carbonyl (C=O) groups excluding carboxylic acids is 2. The van der Waals surface area contributed by atoms with Crippen LogP contribution in [-0.2, 0) is 19.1 Å². The Balaban J connectivity index is 1.58. The van der Waals surface area contributed by atoms with Crippen LogP contribution in [0.3, 0.4) is 0 Å². The van der Waals surface area contributed by atoms with Crippen molar-refractivity contribution in [1.29, 1.82) is 0 Å². The second kappa shape index (κ2) is 6.60. The lowest BCUT2D eigenvalue weighted by molar-refractivity contribution is -0.161. The van der Waals surface area contributed by atoms with Gasteiger partial charge in [0.05, 0.1) is 0 Å². The summed E-state index contributed by atoms with van der Waals surface area (Å²) in [5, 5.41) is 0. The summed E-state index contributed by atoms with van der Waals surface area (Å²) in [5.74, 6) is 1.72. The first-order valence-electron chi connectivity index (χ1n) is 11.1. The molecule has 4 aliphatic carbocycles. The van der Waals surface area contributed by atoms with Crippen molar-refractivity contribution >= 4 is 11.9 Å². The molecule has 0 heterocycles. The van der Waals surface area contributed by atoms with Gasteiger partial charge in [-0.15, -0.1) is 0 Å². The fourth-order valence-electron chi connectivity index (χ4n) is 7.57. The van der Waals surface area contributed by atoms with Gasteiger partial charge in [-0.2, -0.15) is 0 Å². The molecule has 28 heavy (non-hydrogen) atoms. The fourth-order valence-corrected chi connectivity index (χ4v) is 7.57. The Morgan fingerprint density at radius 2 is 1.71 bits per heavy atom. The van der Waals surface area contributed by atoms with Gasteiger partial charge in [0.1, 0.15) is 11.7 Å². The summed E-state index contributed by atoms with van der Waals surface area (Å²) in [4.78, 5) is 23.2. The average Bonchev–Trinajstić information content (AvgIpc) is 2.91. The van der Waals surface area contributed by atoms with E-state index in [-0.39, 0.29) is 34.5 Å². The molecule has 0 saturated heterocycles. The summed E-state index contributed by atoms with van der Waals surface area (Å²) in [6.07, 6.45) is 11.2. The van der Waals surface area contributed by atoms with Crippen molar-refractivity contribution in [3.8, 4) is 0 Å². The molecule has 0 N–H and O–H groups in total. The lowest BCUT2D eigenvalue weighted by atomic mass is 9.47. The van der Waals surface area contributed by atoms with E-state index in [4.69, 9.17) is 9.47 Å². The van der Waals surface area contributed by atoms with Gasteiger partial charge in [-0.05, 0) is 75.0 Å². The Bertz CT molecular complexity index is 711. The second-order valence-corrected chi connectivity index (χ2v) is 10.7. The van der Waals surface area contributed by atoms with Crippen LogP contribution >= 0.6 is 0 Å². The summed E-state index contributed by atoms with van der Waals surface area (Å²) in [7, 11) is 0. The zero-order valence-electron chi connectivity index (χ0n) is 18.2. The van der Waals surface area contributed by atoms with Gasteiger partial charge < -0.3 is 9.47 Å². The van der Waals surface area contributed by atoms with E-state index in [0.717, 1.165) is 38.5 Å². The highest BCUT2D eigenvalue weighted by Gasteiger charge is 2.60. The van der Waals surface area contributed by atoms with Crippen molar-refractivity contribution in [3.05, 3.63) is 11.6 Å². The van der Waals surface area contributed by atoms with Crippen LogP contribution in [0.15, 0.2) is 11.6 Å². The van der Waals surface area contributed by atoms with Crippen LogP contribution in [0.5, 0.6) is 0 Å². The van der Waals surface area contributed by atoms with E-state index in [9.17, 15) is 9.59 Å². The van der Waals surface area contributed by atoms with Crippen molar-refractivity contribution in [2.45, 2.75) is 97.7 Å². The number of hydrogen-bond acceptors (Lipinski definition) is 4. The first-order valence-corrected chi connectivity index (χ1v) is 11.1. The van der Waals surface area contributed by atoms with Crippen molar-refractivity contribution in [2.24, 2.45) is 28.6 Å². The summed E-state index contributed by atoms with van der Waals surface area (Å²) in [6.45, 7) is 9.99. The molecule has 4 nitrogen and oxygen atoms in total. The smallest absolute Gasteiger partial charge is 0.303 e. The number of fused-ring (bicyclic) bond motifs is 5. The molecule has 3 fully saturated rings. The molecule has 4 rings (SSSR count). The van der Waals surface area contributed by atoms with E-state index in [1.165, 1.54) is 25.3 Å². The Labute approximate surface area is 169 Å². The SMILES string of the molecule is CC(=O)O[C@@H]1CC[C@@H]2[C@H]3CC=C4C[C@@](C)(OC(C)=O)CC[C@]4(C)[C@H]3CC[C@@]21C. The van der Waals surface area contributed by atoms with Crippen LogP contribution in [0.25, 0.3) is 0 Å². The molecule has 156 valence electrons. The number of rotatable bonds is 2. The molecule has 0 aromatic rings. The maximum Gasteiger partial charge on any atom is 0.303 e. The van der Waals surface area contributed by atoms with Gasteiger partial charge in [0, 0.05) is 25.7 Å². The third kappa shape index (κ3) is 3.02. The molecule has 0 spiro atoms. The molecule has 0 amide bonds. The average molecular weight is 389 g/mol. The minimum absolute atomic E-state index is 0.0905. The van der Waals surface area contributed by atoms with Gasteiger partial charge >= 0.3 is 11.9 Å². The molecule has 4 aliphatic rings. The zero-order chi connectivity index (χ0) is 20.3. The molecule has 0 aromatic heterocycles. The number of allylic oxidation sites excluding steroid dienone is 1. The van der Waals surface area contributed by atoms with Crippen molar-refractivity contribution in [2.75, 3.05) is 0 Å². The Hall–Kier alpha value is -1.32. The van der Waals surface area contributed by atoms with E-state index in [2.05, 4.69) is 26.8 Å². The number of hydrogen-bond donors (Lipinski definition) is 0. The van der Waals surface area contributed by atoms with Gasteiger partial charge in [0.25, 0.3) is 0 Å². The van der Waals surface area contributed by atoms with E-state index in [1.54, 1.807) is 6.92 Å². The largest absolute Gasteiger partial charge is 0.462 e. The maximum atomic E-state index is 11.6. The topological polar surface area (TPSA) is 52.6 Å². The molecule has 3 saturated carbocycles. The van der Waals surface area contributed by atoms with Crippen LogP contribution in [0.2, 0.25) is 0 Å². The molecule has 0 radical (unpaired) electrons. The first-order chi connectivity index (χ1) is 13.1. The van der Waals surface area contributed by atoms with Crippen molar-refractivity contribution in [3.63, 3.8) is 0 Å².